The van der Waals surface area contributed by atoms with E-state index in [1.54, 1.807) is 0 Å². The lowest BCUT2D eigenvalue weighted by Gasteiger charge is -2.84. The molecule has 0 amide bonds. The zero-order chi connectivity index (χ0) is 8.72. The van der Waals surface area contributed by atoms with Gasteiger partial charge in [0.1, 0.15) is 0 Å². The number of hydrogen-bond donors (Lipinski definition) is 0. The van der Waals surface area contributed by atoms with Crippen molar-refractivity contribution in [1.82, 2.24) is 0 Å². The minimum Gasteiger partial charge on any atom is -0.0619 e. The van der Waals surface area contributed by atoms with Gasteiger partial charge < -0.3 is 0 Å². The first kappa shape index (κ1) is 7.41. The molecule has 3 saturated carbocycles. The van der Waals surface area contributed by atoms with E-state index in [-0.39, 0.29) is 0 Å². The van der Waals surface area contributed by atoms with Crippen LogP contribution in [0.1, 0.15) is 40.5 Å². The molecule has 0 heteroatoms. The van der Waals surface area contributed by atoms with Gasteiger partial charge in [-0.1, -0.05) is 27.7 Å². The van der Waals surface area contributed by atoms with Gasteiger partial charge in [-0.25, -0.2) is 0 Å². The third-order valence-corrected chi connectivity index (χ3v) is 6.45. The quantitative estimate of drug-likeness (QED) is 0.515. The molecule has 6 atom stereocenters. The SMILES string of the molecule is CC1CC2C3CC(C)C3(C)C12C. The molecule has 0 bridgehead atoms. The van der Waals surface area contributed by atoms with Crippen molar-refractivity contribution in [3.05, 3.63) is 0 Å². The minimum atomic E-state index is 0.745. The van der Waals surface area contributed by atoms with E-state index in [0.29, 0.717) is 0 Å². The van der Waals surface area contributed by atoms with Crippen LogP contribution in [0, 0.1) is 34.5 Å². The first-order valence-corrected chi connectivity index (χ1v) is 5.53. The summed E-state index contributed by atoms with van der Waals surface area (Å²) in [7, 11) is 0. The number of fused-ring (bicyclic) bond motifs is 4. The molecule has 0 N–H and O–H groups in total. The Kier molecular flexibility index (Phi) is 1.00. The predicted molar refractivity (Wildman–Crippen MR) is 50.8 cm³/mol. The summed E-state index contributed by atoms with van der Waals surface area (Å²) in [5.41, 5.74) is 1.49. The highest BCUT2D eigenvalue weighted by molar-refractivity contribution is 5.26. The summed E-state index contributed by atoms with van der Waals surface area (Å²) < 4.78 is 0. The van der Waals surface area contributed by atoms with E-state index in [0.717, 1.165) is 34.5 Å². The Hall–Kier alpha value is 0. The normalized spacial score (nSPS) is 73.0. The number of hydrogen-bond acceptors (Lipinski definition) is 0. The number of rotatable bonds is 0. The van der Waals surface area contributed by atoms with E-state index in [4.69, 9.17) is 0 Å². The maximum Gasteiger partial charge on any atom is -0.0210 e. The second kappa shape index (κ2) is 1.63. The van der Waals surface area contributed by atoms with Crippen LogP contribution in [-0.4, -0.2) is 0 Å². The molecule has 0 aromatic heterocycles. The average Bonchev–Trinajstić information content (AvgIpc) is 2.07. The van der Waals surface area contributed by atoms with Crippen molar-refractivity contribution in [2.24, 2.45) is 34.5 Å². The van der Waals surface area contributed by atoms with Gasteiger partial charge in [0.25, 0.3) is 0 Å². The van der Waals surface area contributed by atoms with Crippen LogP contribution >= 0.6 is 0 Å². The van der Waals surface area contributed by atoms with Gasteiger partial charge in [0.2, 0.25) is 0 Å². The molecule has 0 spiro atoms. The topological polar surface area (TPSA) is 0 Å². The molecule has 0 heterocycles. The monoisotopic (exact) mass is 164 g/mol. The lowest BCUT2D eigenvalue weighted by Crippen LogP contribution is -2.79. The Morgan fingerprint density at radius 3 is 1.42 bits per heavy atom. The maximum atomic E-state index is 2.55. The lowest BCUT2D eigenvalue weighted by atomic mass is 9.20. The molecule has 68 valence electrons. The summed E-state index contributed by atoms with van der Waals surface area (Å²) >= 11 is 0. The summed E-state index contributed by atoms with van der Waals surface area (Å²) in [6.07, 6.45) is 3.06. The van der Waals surface area contributed by atoms with Crippen molar-refractivity contribution in [2.75, 3.05) is 0 Å². The molecule has 0 aromatic carbocycles. The second-order valence-electron chi connectivity index (χ2n) is 6.05. The molecule has 0 aromatic rings. The van der Waals surface area contributed by atoms with E-state index >= 15 is 0 Å². The van der Waals surface area contributed by atoms with E-state index < -0.39 is 0 Å². The molecule has 0 radical (unpaired) electrons. The second-order valence-corrected chi connectivity index (χ2v) is 6.05. The Morgan fingerprint density at radius 2 is 1.17 bits per heavy atom. The molecule has 0 saturated heterocycles. The van der Waals surface area contributed by atoms with Crippen molar-refractivity contribution < 1.29 is 0 Å². The van der Waals surface area contributed by atoms with Gasteiger partial charge in [-0.05, 0) is 47.3 Å². The van der Waals surface area contributed by atoms with E-state index in [1.165, 1.54) is 12.8 Å². The highest BCUT2D eigenvalue weighted by Crippen LogP contribution is 2.84. The Bertz CT molecular complexity index is 218. The van der Waals surface area contributed by atoms with Gasteiger partial charge >= 0.3 is 0 Å². The van der Waals surface area contributed by atoms with E-state index in [2.05, 4.69) is 27.7 Å². The van der Waals surface area contributed by atoms with E-state index in [9.17, 15) is 0 Å². The molecular formula is C12H20. The molecule has 3 fully saturated rings. The summed E-state index contributed by atoms with van der Waals surface area (Å²) in [6.45, 7) is 10.0. The molecule has 3 aliphatic carbocycles. The van der Waals surface area contributed by atoms with Gasteiger partial charge in [0.15, 0.2) is 0 Å². The summed E-state index contributed by atoms with van der Waals surface area (Å²) in [5.74, 6) is 4.25. The van der Waals surface area contributed by atoms with Crippen LogP contribution in [0.25, 0.3) is 0 Å². The highest BCUT2D eigenvalue weighted by Gasteiger charge is 2.79. The van der Waals surface area contributed by atoms with Crippen molar-refractivity contribution in [3.8, 4) is 0 Å². The van der Waals surface area contributed by atoms with Crippen LogP contribution in [0.15, 0.2) is 0 Å². The maximum absolute atomic E-state index is 2.55. The Balaban J connectivity index is 1.97. The van der Waals surface area contributed by atoms with Gasteiger partial charge in [-0.15, -0.1) is 0 Å². The predicted octanol–water partition coefficient (Wildman–Crippen LogP) is 3.32. The zero-order valence-electron chi connectivity index (χ0n) is 8.72. The fourth-order valence-electron chi connectivity index (χ4n) is 5.08. The first-order chi connectivity index (χ1) is 5.53. The van der Waals surface area contributed by atoms with Crippen LogP contribution in [0.5, 0.6) is 0 Å². The van der Waals surface area contributed by atoms with Crippen LogP contribution in [0.3, 0.4) is 0 Å². The van der Waals surface area contributed by atoms with Gasteiger partial charge in [-0.3, -0.25) is 0 Å². The molecule has 3 aliphatic rings. The van der Waals surface area contributed by atoms with Gasteiger partial charge in [-0.2, -0.15) is 0 Å². The molecule has 3 rings (SSSR count). The van der Waals surface area contributed by atoms with Gasteiger partial charge in [0.05, 0.1) is 0 Å². The fourth-order valence-corrected chi connectivity index (χ4v) is 5.08. The largest absolute Gasteiger partial charge is 0.0619 e. The van der Waals surface area contributed by atoms with Crippen LogP contribution < -0.4 is 0 Å². The standard InChI is InChI=1S/C12H20/c1-7-5-9-10-6-8(2)12(10,4)11(7,9)3/h7-10H,5-6H2,1-4H3. The third kappa shape index (κ3) is 0.400. The Labute approximate surface area is 75.7 Å². The van der Waals surface area contributed by atoms with Crippen molar-refractivity contribution in [1.29, 1.82) is 0 Å². The van der Waals surface area contributed by atoms with Crippen LogP contribution in [-0.2, 0) is 0 Å². The van der Waals surface area contributed by atoms with Crippen LogP contribution in [0.2, 0.25) is 0 Å². The highest BCUT2D eigenvalue weighted by atomic mass is 14.8. The molecule has 12 heavy (non-hydrogen) atoms. The minimum absolute atomic E-state index is 0.745. The van der Waals surface area contributed by atoms with Crippen molar-refractivity contribution in [3.63, 3.8) is 0 Å². The fraction of sp³-hybridized carbons (Fsp3) is 1.00. The lowest BCUT2D eigenvalue weighted by molar-refractivity contribution is -0.365. The summed E-state index contributed by atoms with van der Waals surface area (Å²) in [5, 5.41) is 0. The van der Waals surface area contributed by atoms with Crippen molar-refractivity contribution in [2.45, 2.75) is 40.5 Å². The summed E-state index contributed by atoms with van der Waals surface area (Å²) in [6, 6.07) is 0. The first-order valence-electron chi connectivity index (χ1n) is 5.53. The smallest absolute Gasteiger partial charge is 0.0210 e. The average molecular weight is 164 g/mol. The molecule has 6 unspecified atom stereocenters. The molecule has 0 nitrogen and oxygen atoms in total. The van der Waals surface area contributed by atoms with E-state index in [1.807, 2.05) is 0 Å². The third-order valence-electron chi connectivity index (χ3n) is 6.45. The molecular weight excluding hydrogens is 144 g/mol. The summed E-state index contributed by atoms with van der Waals surface area (Å²) in [4.78, 5) is 0. The Morgan fingerprint density at radius 1 is 0.833 bits per heavy atom. The van der Waals surface area contributed by atoms with Crippen molar-refractivity contribution >= 4 is 0 Å². The van der Waals surface area contributed by atoms with Crippen LogP contribution in [0.4, 0.5) is 0 Å². The zero-order valence-corrected chi connectivity index (χ0v) is 8.72. The molecule has 0 aliphatic heterocycles. The van der Waals surface area contributed by atoms with Gasteiger partial charge in [0, 0.05) is 0 Å².